The lowest BCUT2D eigenvalue weighted by molar-refractivity contribution is -0.144. The molecule has 3 fully saturated rings. The number of thiazole rings is 1. The summed E-state index contributed by atoms with van der Waals surface area (Å²) in [6, 6.07) is 22.9. The van der Waals surface area contributed by atoms with Gasteiger partial charge in [0.15, 0.2) is 5.65 Å². The topological polar surface area (TPSA) is 194 Å². The Bertz CT molecular complexity index is 2950. The van der Waals surface area contributed by atoms with Crippen LogP contribution >= 0.6 is 11.3 Å². The van der Waals surface area contributed by atoms with E-state index in [0.717, 1.165) is 102 Å². The monoisotopic (exact) mass is 1040 g/mol. The highest BCUT2D eigenvalue weighted by molar-refractivity contribution is 7.13. The van der Waals surface area contributed by atoms with Crippen molar-refractivity contribution >= 4 is 52.2 Å². The standard InChI is InChI=1S/C56H69FN12O5S/c1-37-52(75-36-61-37)39-20-18-38(19-21-39)32-60-54(73)45-31-42(70)34-68(45)55(74)53(56(2,3)4)63-50(71)17-7-5-6-8-24-58-51(72)35-65-26-28-66(29-27-65)48-16-10-14-43(62-48)46-33-59-47-22-23-49(64-69(46)47)67-25-11-15-44(67)40-12-9-13-41(57)30-40/h9-10,12-14,16,18-23,30,33,36,42,44-45,53,70H,5-8,11,15,17,24-29,31-32,34-35H2,1-4H3,(H,58,72)(H,60,73)(H,63,71)/t42-,44-,45+,53-/m1/s1. The molecule has 75 heavy (non-hydrogen) atoms. The maximum atomic E-state index is 14.1. The second-order valence-electron chi connectivity index (χ2n) is 21.1. The number of unbranched alkanes of at least 4 members (excludes halogenated alkanes) is 3. The third-order valence-electron chi connectivity index (χ3n) is 14.6. The summed E-state index contributed by atoms with van der Waals surface area (Å²) in [5.41, 5.74) is 7.30. The molecule has 4 aromatic heterocycles. The summed E-state index contributed by atoms with van der Waals surface area (Å²) in [4.78, 5) is 76.9. The quantitative estimate of drug-likeness (QED) is 0.0629. The van der Waals surface area contributed by atoms with E-state index >= 15 is 0 Å². The van der Waals surface area contributed by atoms with Gasteiger partial charge in [0, 0.05) is 65.2 Å². The van der Waals surface area contributed by atoms with Gasteiger partial charge in [-0.25, -0.2) is 23.9 Å². The third kappa shape index (κ3) is 13.0. The number of amides is 4. The first kappa shape index (κ1) is 53.0. The van der Waals surface area contributed by atoms with Crippen molar-refractivity contribution in [3.05, 3.63) is 113 Å². The number of likely N-dealkylation sites (tertiary alicyclic amines) is 1. The first-order valence-electron chi connectivity index (χ1n) is 26.3. The van der Waals surface area contributed by atoms with Crippen LogP contribution in [0, 0.1) is 18.2 Å². The van der Waals surface area contributed by atoms with Crippen LogP contribution in [0.25, 0.3) is 27.5 Å². The SMILES string of the molecule is Cc1ncsc1-c1ccc(CNC(=O)[C@@H]2C[C@@H](O)CN2C(=O)[C@@H](NC(=O)CCCCCCNC(=O)CN2CCN(c3cccc(-c4cnc5ccc(N6CCC[C@@H]6c6cccc(F)c6)nn45)n3)CC2)C(C)(C)C)cc1. The van der Waals surface area contributed by atoms with Gasteiger partial charge in [0.1, 0.15) is 35.2 Å². The minimum atomic E-state index is -0.887. The molecule has 6 aromatic rings. The van der Waals surface area contributed by atoms with Crippen molar-refractivity contribution in [3.63, 3.8) is 0 Å². The van der Waals surface area contributed by atoms with Crippen molar-refractivity contribution in [1.82, 2.24) is 50.3 Å². The van der Waals surface area contributed by atoms with E-state index in [4.69, 9.17) is 10.1 Å². The van der Waals surface area contributed by atoms with E-state index in [2.05, 4.69) is 40.6 Å². The molecule has 3 aliphatic heterocycles. The molecule has 3 saturated heterocycles. The van der Waals surface area contributed by atoms with Crippen LogP contribution in [0.5, 0.6) is 0 Å². The molecule has 2 aromatic carbocycles. The Labute approximate surface area is 441 Å². The van der Waals surface area contributed by atoms with Crippen LogP contribution in [0.1, 0.15) is 95.0 Å². The molecule has 0 saturated carbocycles. The molecular weight excluding hydrogens is 972 g/mol. The summed E-state index contributed by atoms with van der Waals surface area (Å²) >= 11 is 1.58. The highest BCUT2D eigenvalue weighted by Gasteiger charge is 2.44. The van der Waals surface area contributed by atoms with Gasteiger partial charge in [-0.15, -0.1) is 16.4 Å². The van der Waals surface area contributed by atoms with E-state index in [1.807, 2.05) is 98.4 Å². The van der Waals surface area contributed by atoms with Gasteiger partial charge < -0.3 is 35.8 Å². The van der Waals surface area contributed by atoms with Crippen LogP contribution in [-0.2, 0) is 25.7 Å². The van der Waals surface area contributed by atoms with Crippen molar-refractivity contribution in [2.24, 2.45) is 5.41 Å². The Morgan fingerprint density at radius 1 is 0.867 bits per heavy atom. The number of hydrogen-bond acceptors (Lipinski definition) is 13. The van der Waals surface area contributed by atoms with Gasteiger partial charge in [0.05, 0.1) is 46.7 Å². The average Bonchev–Trinajstić information content (AvgIpc) is 4.24. The average molecular weight is 1040 g/mol. The predicted octanol–water partition coefficient (Wildman–Crippen LogP) is 6.70. The van der Waals surface area contributed by atoms with Crippen molar-refractivity contribution in [2.75, 3.05) is 62.2 Å². The summed E-state index contributed by atoms with van der Waals surface area (Å²) in [7, 11) is 0. The lowest BCUT2D eigenvalue weighted by atomic mass is 9.85. The molecule has 4 atom stereocenters. The van der Waals surface area contributed by atoms with Crippen LogP contribution in [0.15, 0.2) is 90.6 Å². The van der Waals surface area contributed by atoms with Gasteiger partial charge in [0.2, 0.25) is 23.6 Å². The second kappa shape index (κ2) is 23.8. The number of hydrogen-bond donors (Lipinski definition) is 4. The number of aromatic nitrogens is 5. The van der Waals surface area contributed by atoms with Gasteiger partial charge in [-0.3, -0.25) is 24.1 Å². The number of β-amino-alcohol motifs (C(OH)–C–C–N with tert-alkyl or cyclic N) is 1. The van der Waals surface area contributed by atoms with Crippen molar-refractivity contribution < 1.29 is 28.7 Å². The van der Waals surface area contributed by atoms with E-state index in [1.165, 1.54) is 11.0 Å². The van der Waals surface area contributed by atoms with E-state index < -0.39 is 23.6 Å². The fourth-order valence-corrected chi connectivity index (χ4v) is 11.2. The van der Waals surface area contributed by atoms with Gasteiger partial charge in [0.25, 0.3) is 0 Å². The lowest BCUT2D eigenvalue weighted by Gasteiger charge is -2.35. The zero-order valence-corrected chi connectivity index (χ0v) is 44.2. The number of pyridine rings is 1. The zero-order valence-electron chi connectivity index (χ0n) is 43.4. The highest BCUT2D eigenvalue weighted by Crippen LogP contribution is 2.36. The minimum Gasteiger partial charge on any atom is -0.391 e. The normalized spacial score (nSPS) is 18.6. The first-order chi connectivity index (χ1) is 36.2. The van der Waals surface area contributed by atoms with Gasteiger partial charge in [-0.1, -0.05) is 76.1 Å². The Morgan fingerprint density at radius 2 is 1.65 bits per heavy atom. The smallest absolute Gasteiger partial charge is 0.246 e. The lowest BCUT2D eigenvalue weighted by Crippen LogP contribution is -2.57. The number of carbonyl (C=O) groups excluding carboxylic acids is 4. The number of rotatable bonds is 19. The number of imidazole rings is 1. The molecule has 7 heterocycles. The summed E-state index contributed by atoms with van der Waals surface area (Å²) in [6.45, 7) is 12.4. The molecule has 4 N–H and O–H groups in total. The number of aryl methyl sites for hydroxylation is 1. The molecule has 0 radical (unpaired) electrons. The van der Waals surface area contributed by atoms with E-state index in [1.54, 1.807) is 29.7 Å². The molecule has 17 nitrogen and oxygen atoms in total. The maximum Gasteiger partial charge on any atom is 0.246 e. The first-order valence-corrected chi connectivity index (χ1v) is 27.2. The van der Waals surface area contributed by atoms with Crippen molar-refractivity contribution in [2.45, 2.75) is 110 Å². The number of aliphatic hydroxyl groups excluding tert-OH is 1. The Kier molecular flexibility index (Phi) is 16.8. The number of nitrogens with one attached hydrogen (secondary N) is 3. The molecule has 4 amide bonds. The molecule has 0 bridgehead atoms. The molecule has 0 aliphatic carbocycles. The van der Waals surface area contributed by atoms with Crippen LogP contribution in [0.2, 0.25) is 0 Å². The van der Waals surface area contributed by atoms with Gasteiger partial charge in [-0.2, -0.15) is 0 Å². The molecule has 0 spiro atoms. The predicted molar refractivity (Wildman–Crippen MR) is 288 cm³/mol. The zero-order chi connectivity index (χ0) is 52.6. The number of anilines is 2. The Balaban J connectivity index is 0.672. The Morgan fingerprint density at radius 3 is 2.41 bits per heavy atom. The summed E-state index contributed by atoms with van der Waals surface area (Å²) < 4.78 is 16.0. The maximum absolute atomic E-state index is 14.1. The van der Waals surface area contributed by atoms with Gasteiger partial charge >= 0.3 is 0 Å². The number of halogens is 1. The summed E-state index contributed by atoms with van der Waals surface area (Å²) in [5, 5.41) is 24.6. The fraction of sp³-hybridized carbons (Fsp3) is 0.464. The minimum absolute atomic E-state index is 0.0118. The van der Waals surface area contributed by atoms with E-state index in [-0.39, 0.29) is 61.4 Å². The highest BCUT2D eigenvalue weighted by atomic mass is 32.1. The number of benzene rings is 2. The van der Waals surface area contributed by atoms with Crippen LogP contribution in [-0.4, -0.2) is 134 Å². The van der Waals surface area contributed by atoms with Crippen molar-refractivity contribution in [3.8, 4) is 21.8 Å². The number of carbonyl (C=O) groups is 4. The molecule has 0 unspecified atom stereocenters. The van der Waals surface area contributed by atoms with Crippen LogP contribution < -0.4 is 25.8 Å². The summed E-state index contributed by atoms with van der Waals surface area (Å²) in [5.74, 6) is 0.423. The Hall–Kier alpha value is -6.83. The molecule has 19 heteroatoms. The van der Waals surface area contributed by atoms with Crippen LogP contribution in [0.3, 0.4) is 0 Å². The molecule has 3 aliphatic rings. The number of nitrogens with zero attached hydrogens (tertiary/aromatic N) is 9. The van der Waals surface area contributed by atoms with Gasteiger partial charge in [-0.05, 0) is 91.1 Å². The molecule has 9 rings (SSSR count). The number of aliphatic hydroxyl groups is 1. The van der Waals surface area contributed by atoms with E-state index in [0.29, 0.717) is 38.2 Å². The van der Waals surface area contributed by atoms with Crippen molar-refractivity contribution in [1.29, 1.82) is 0 Å². The second-order valence-corrected chi connectivity index (χ2v) is 22.0. The largest absolute Gasteiger partial charge is 0.391 e. The third-order valence-corrected chi connectivity index (χ3v) is 15.5. The fourth-order valence-electron chi connectivity index (χ4n) is 10.4. The summed E-state index contributed by atoms with van der Waals surface area (Å²) in [6.07, 6.45) is 6.25. The number of piperazine rings is 1. The van der Waals surface area contributed by atoms with E-state index in [9.17, 15) is 28.7 Å². The number of fused-ring (bicyclic) bond motifs is 1. The molecule has 396 valence electrons. The molecular formula is C56H69FN12O5S. The van der Waals surface area contributed by atoms with Crippen LogP contribution in [0.4, 0.5) is 16.0 Å².